The largest absolute Gasteiger partial charge is 0.497 e. The molecule has 5 rings (SSSR count). The molecule has 3 aromatic rings. The molecule has 0 bridgehead atoms. The molecule has 6 heteroatoms. The number of aromatic nitrogens is 3. The first-order chi connectivity index (χ1) is 14.2. The van der Waals surface area contributed by atoms with Gasteiger partial charge in [0.1, 0.15) is 11.3 Å². The molecular weight excluding hydrogens is 364 g/mol. The van der Waals surface area contributed by atoms with Crippen molar-refractivity contribution in [3.05, 3.63) is 54.5 Å². The molecule has 1 aliphatic carbocycles. The van der Waals surface area contributed by atoms with Crippen LogP contribution in [0.25, 0.3) is 11.2 Å². The van der Waals surface area contributed by atoms with Crippen molar-refractivity contribution in [2.75, 3.05) is 20.2 Å². The quantitative estimate of drug-likeness (QED) is 0.670. The molecule has 3 heterocycles. The molecule has 0 radical (unpaired) electrons. The Bertz CT molecular complexity index is 1020. The molecule has 1 amide bonds. The van der Waals surface area contributed by atoms with E-state index in [9.17, 15) is 4.79 Å². The second kappa shape index (κ2) is 7.17. The van der Waals surface area contributed by atoms with E-state index in [1.165, 1.54) is 0 Å². The van der Waals surface area contributed by atoms with Gasteiger partial charge in [-0.1, -0.05) is 12.1 Å². The smallest absolute Gasteiger partial charge is 0.233 e. The molecule has 1 atom stereocenters. The molecule has 0 spiro atoms. The van der Waals surface area contributed by atoms with Crippen LogP contribution in [0.5, 0.6) is 5.75 Å². The van der Waals surface area contributed by atoms with E-state index in [2.05, 4.69) is 31.6 Å². The Hall–Kier alpha value is -2.89. The molecule has 1 unspecified atom stereocenters. The van der Waals surface area contributed by atoms with Crippen LogP contribution in [0.2, 0.25) is 0 Å². The Kier molecular flexibility index (Phi) is 4.49. The third-order valence-electron chi connectivity index (χ3n) is 6.44. The van der Waals surface area contributed by atoms with Gasteiger partial charge in [-0.25, -0.2) is 9.97 Å². The fourth-order valence-electron chi connectivity index (χ4n) is 4.67. The highest BCUT2D eigenvalue weighted by atomic mass is 16.5. The highest BCUT2D eigenvalue weighted by Gasteiger charge is 2.53. The van der Waals surface area contributed by atoms with E-state index < -0.39 is 0 Å². The number of piperidine rings is 1. The van der Waals surface area contributed by atoms with Crippen LogP contribution < -0.4 is 4.74 Å². The first kappa shape index (κ1) is 18.2. The minimum atomic E-state index is -0.322. The number of ether oxygens (including phenoxy) is 1. The summed E-state index contributed by atoms with van der Waals surface area (Å²) in [7, 11) is 1.67. The molecule has 0 N–H and O–H groups in total. The lowest BCUT2D eigenvalue weighted by Crippen LogP contribution is -2.45. The van der Waals surface area contributed by atoms with Gasteiger partial charge in [-0.3, -0.25) is 4.79 Å². The molecule has 1 saturated heterocycles. The number of nitrogens with zero attached hydrogens (tertiary/aromatic N) is 4. The zero-order valence-corrected chi connectivity index (χ0v) is 16.8. The molecule has 2 aromatic heterocycles. The third-order valence-corrected chi connectivity index (χ3v) is 6.44. The predicted octanol–water partition coefficient (Wildman–Crippen LogP) is 3.41. The van der Waals surface area contributed by atoms with E-state index in [1.54, 1.807) is 7.11 Å². The summed E-state index contributed by atoms with van der Waals surface area (Å²) < 4.78 is 7.40. The van der Waals surface area contributed by atoms with E-state index in [1.807, 2.05) is 36.8 Å². The van der Waals surface area contributed by atoms with Crippen molar-refractivity contribution in [2.24, 2.45) is 5.92 Å². The maximum Gasteiger partial charge on any atom is 0.233 e. The van der Waals surface area contributed by atoms with E-state index >= 15 is 0 Å². The van der Waals surface area contributed by atoms with Crippen molar-refractivity contribution >= 4 is 17.1 Å². The van der Waals surface area contributed by atoms with E-state index in [4.69, 9.17) is 4.74 Å². The number of amides is 1. The molecule has 6 nitrogen and oxygen atoms in total. The van der Waals surface area contributed by atoms with Gasteiger partial charge in [0.2, 0.25) is 5.91 Å². The molecular formula is C23H26N4O2. The van der Waals surface area contributed by atoms with Gasteiger partial charge in [-0.2, -0.15) is 0 Å². The van der Waals surface area contributed by atoms with E-state index in [0.29, 0.717) is 11.8 Å². The van der Waals surface area contributed by atoms with Crippen molar-refractivity contribution in [3.63, 3.8) is 0 Å². The molecule has 29 heavy (non-hydrogen) atoms. The first-order valence-corrected chi connectivity index (χ1v) is 10.4. The third kappa shape index (κ3) is 3.26. The second-order valence-electron chi connectivity index (χ2n) is 8.31. The van der Waals surface area contributed by atoms with Gasteiger partial charge in [-0.05, 0) is 61.4 Å². The number of hydrogen-bond donors (Lipinski definition) is 0. The number of hydrogen-bond acceptors (Lipinski definition) is 4. The minimum Gasteiger partial charge on any atom is -0.497 e. The fraction of sp³-hybridized carbons (Fsp3) is 0.435. The van der Waals surface area contributed by atoms with Gasteiger partial charge in [0.05, 0.1) is 18.9 Å². The van der Waals surface area contributed by atoms with Crippen molar-refractivity contribution in [2.45, 2.75) is 37.6 Å². The van der Waals surface area contributed by atoms with Crippen LogP contribution in [0.4, 0.5) is 0 Å². The van der Waals surface area contributed by atoms with Gasteiger partial charge in [0.25, 0.3) is 0 Å². The first-order valence-electron chi connectivity index (χ1n) is 10.4. The van der Waals surface area contributed by atoms with Crippen LogP contribution in [-0.2, 0) is 16.8 Å². The average Bonchev–Trinajstić information content (AvgIpc) is 3.50. The Labute approximate surface area is 170 Å². The number of methoxy groups -OCH3 is 1. The SMILES string of the molecule is COc1ccc(C2(C(=O)N3CCCC(Cn4cnc5cccnc54)C3)CC2)cc1. The lowest BCUT2D eigenvalue weighted by Gasteiger charge is -2.35. The van der Waals surface area contributed by atoms with Gasteiger partial charge in [-0.15, -0.1) is 0 Å². The zero-order chi connectivity index (χ0) is 19.8. The van der Waals surface area contributed by atoms with Gasteiger partial charge in [0.15, 0.2) is 5.65 Å². The minimum absolute atomic E-state index is 0.293. The molecule has 1 aromatic carbocycles. The molecule has 1 saturated carbocycles. The van der Waals surface area contributed by atoms with Crippen molar-refractivity contribution in [3.8, 4) is 5.75 Å². The summed E-state index contributed by atoms with van der Waals surface area (Å²) in [5.41, 5.74) is 2.65. The number of imidazole rings is 1. The number of fused-ring (bicyclic) bond motifs is 1. The number of pyridine rings is 1. The van der Waals surface area contributed by atoms with Crippen LogP contribution in [0.3, 0.4) is 0 Å². The Morgan fingerprint density at radius 2 is 2.03 bits per heavy atom. The van der Waals surface area contributed by atoms with Crippen molar-refractivity contribution in [1.29, 1.82) is 0 Å². The van der Waals surface area contributed by atoms with Gasteiger partial charge >= 0.3 is 0 Å². The Morgan fingerprint density at radius 1 is 1.21 bits per heavy atom. The molecule has 2 aliphatic rings. The summed E-state index contributed by atoms with van der Waals surface area (Å²) in [4.78, 5) is 24.5. The highest BCUT2D eigenvalue weighted by Crippen LogP contribution is 2.50. The van der Waals surface area contributed by atoms with Gasteiger partial charge in [0, 0.05) is 25.8 Å². The lowest BCUT2D eigenvalue weighted by molar-refractivity contribution is -0.135. The van der Waals surface area contributed by atoms with Crippen LogP contribution in [0.15, 0.2) is 48.9 Å². The number of rotatable bonds is 5. The van der Waals surface area contributed by atoms with Crippen LogP contribution in [0.1, 0.15) is 31.2 Å². The van der Waals surface area contributed by atoms with Crippen LogP contribution in [-0.4, -0.2) is 45.5 Å². The summed E-state index contributed by atoms with van der Waals surface area (Å²) in [6.45, 7) is 2.52. The molecule has 1 aliphatic heterocycles. The molecule has 2 fully saturated rings. The monoisotopic (exact) mass is 390 g/mol. The maximum absolute atomic E-state index is 13.5. The Balaban J connectivity index is 1.30. The second-order valence-corrected chi connectivity index (χ2v) is 8.31. The van der Waals surface area contributed by atoms with Crippen LogP contribution in [0, 0.1) is 5.92 Å². The van der Waals surface area contributed by atoms with Crippen molar-refractivity contribution in [1.82, 2.24) is 19.4 Å². The summed E-state index contributed by atoms with van der Waals surface area (Å²) >= 11 is 0. The van der Waals surface area contributed by atoms with E-state index in [-0.39, 0.29) is 5.41 Å². The lowest BCUT2D eigenvalue weighted by atomic mass is 9.91. The maximum atomic E-state index is 13.5. The Morgan fingerprint density at radius 3 is 2.79 bits per heavy atom. The summed E-state index contributed by atoms with van der Waals surface area (Å²) in [5, 5.41) is 0. The number of carbonyl (C=O) groups is 1. The van der Waals surface area contributed by atoms with Crippen molar-refractivity contribution < 1.29 is 9.53 Å². The summed E-state index contributed by atoms with van der Waals surface area (Å²) in [5.74, 6) is 1.55. The summed E-state index contributed by atoms with van der Waals surface area (Å²) in [6.07, 6.45) is 7.74. The average molecular weight is 390 g/mol. The van der Waals surface area contributed by atoms with Gasteiger partial charge < -0.3 is 14.2 Å². The van der Waals surface area contributed by atoms with E-state index in [0.717, 1.165) is 67.8 Å². The highest BCUT2D eigenvalue weighted by molar-refractivity contribution is 5.91. The summed E-state index contributed by atoms with van der Waals surface area (Å²) in [6, 6.07) is 11.9. The standard InChI is InChI=1S/C23H26N4O2/c1-29-19-8-6-18(7-9-19)23(10-11-23)22(28)26-13-3-4-17(14-26)15-27-16-25-20-5-2-12-24-21(20)27/h2,5-9,12,16-17H,3-4,10-11,13-15H2,1H3. The predicted molar refractivity (Wildman–Crippen MR) is 111 cm³/mol. The number of benzene rings is 1. The fourth-order valence-corrected chi connectivity index (χ4v) is 4.67. The zero-order valence-electron chi connectivity index (χ0n) is 16.8. The number of likely N-dealkylation sites (tertiary alicyclic amines) is 1. The topological polar surface area (TPSA) is 60.2 Å². The molecule has 150 valence electrons. The van der Waals surface area contributed by atoms with Crippen LogP contribution >= 0.6 is 0 Å². The normalized spacial score (nSPS) is 20.6. The number of carbonyl (C=O) groups excluding carboxylic acids is 1.